The van der Waals surface area contributed by atoms with Gasteiger partial charge in [0.15, 0.2) is 0 Å². The molecule has 0 saturated carbocycles. The summed E-state index contributed by atoms with van der Waals surface area (Å²) >= 11 is 0. The Kier molecular flexibility index (Phi) is 8.55. The molecule has 0 aliphatic carbocycles. The molecule has 0 spiro atoms. The van der Waals surface area contributed by atoms with Gasteiger partial charge in [0.25, 0.3) is 0 Å². The largest absolute Gasteiger partial charge is 0.419 e. The molecule has 0 N–H and O–H groups in total. The van der Waals surface area contributed by atoms with Crippen molar-refractivity contribution in [1.29, 1.82) is 0 Å². The maximum atomic E-state index is 10.7. The van der Waals surface area contributed by atoms with Crippen molar-refractivity contribution in [2.24, 2.45) is 7.05 Å². The first-order valence-corrected chi connectivity index (χ1v) is 4.76. The van der Waals surface area contributed by atoms with Gasteiger partial charge in [0, 0.05) is 7.05 Å². The lowest BCUT2D eigenvalue weighted by Crippen LogP contribution is -2.09. The highest BCUT2D eigenvalue weighted by Gasteiger charge is 2.02. The van der Waals surface area contributed by atoms with Crippen molar-refractivity contribution in [2.45, 2.75) is 41.5 Å². The highest BCUT2D eigenvalue weighted by atomic mass is 16.4. The first-order valence-electron chi connectivity index (χ1n) is 4.76. The summed E-state index contributed by atoms with van der Waals surface area (Å²) in [6.07, 6.45) is 0. The number of aryl methyl sites for hydroxylation is 1. The summed E-state index contributed by atoms with van der Waals surface area (Å²) in [6, 6.07) is 0. The average Bonchev–Trinajstić information content (AvgIpc) is 2.40. The molecule has 0 unspecified atom stereocenters. The van der Waals surface area contributed by atoms with Gasteiger partial charge in [-0.25, -0.2) is 4.79 Å². The van der Waals surface area contributed by atoms with Crippen LogP contribution >= 0.6 is 0 Å². The Morgan fingerprint density at radius 3 is 1.54 bits per heavy atom. The summed E-state index contributed by atoms with van der Waals surface area (Å²) in [5, 5.41) is 0. The van der Waals surface area contributed by atoms with Crippen LogP contribution in [0.1, 0.15) is 39.1 Å². The molecule has 0 atom stereocenters. The minimum absolute atomic E-state index is 0.287. The van der Waals surface area contributed by atoms with Crippen molar-refractivity contribution in [2.75, 3.05) is 0 Å². The van der Waals surface area contributed by atoms with Crippen LogP contribution in [-0.2, 0) is 7.05 Å². The standard InChI is InChI=1S/C6H9NO2.2C2H6/c1-4-5(2)9-6(8)7(4)3;2*1-2/h1-3H3;2*1-2H3. The van der Waals surface area contributed by atoms with E-state index in [4.69, 9.17) is 4.42 Å². The predicted octanol–water partition coefficient (Wildman–Crippen LogP) is 2.65. The highest BCUT2D eigenvalue weighted by Crippen LogP contribution is 1.99. The lowest BCUT2D eigenvalue weighted by atomic mass is 10.4. The quantitative estimate of drug-likeness (QED) is 0.626. The maximum Gasteiger partial charge on any atom is 0.419 e. The normalized spacial score (nSPS) is 7.92. The third-order valence-corrected chi connectivity index (χ3v) is 1.53. The lowest BCUT2D eigenvalue weighted by molar-refractivity contribution is 0.472. The molecule has 1 aromatic heterocycles. The van der Waals surface area contributed by atoms with Crippen molar-refractivity contribution in [3.8, 4) is 0 Å². The summed E-state index contributed by atoms with van der Waals surface area (Å²) < 4.78 is 6.23. The summed E-state index contributed by atoms with van der Waals surface area (Å²) in [5.41, 5.74) is 0.889. The molecule has 0 aliphatic rings. The summed E-state index contributed by atoms with van der Waals surface area (Å²) in [4.78, 5) is 10.7. The van der Waals surface area contributed by atoms with Crippen LogP contribution in [0.5, 0.6) is 0 Å². The molecule has 0 bridgehead atoms. The molecular weight excluding hydrogens is 166 g/mol. The van der Waals surface area contributed by atoms with Gasteiger partial charge >= 0.3 is 5.76 Å². The van der Waals surface area contributed by atoms with Gasteiger partial charge in [-0.05, 0) is 13.8 Å². The van der Waals surface area contributed by atoms with Crippen LogP contribution in [0.15, 0.2) is 9.21 Å². The molecular formula is C10H21NO2. The molecule has 1 heterocycles. The van der Waals surface area contributed by atoms with Crippen molar-refractivity contribution in [3.63, 3.8) is 0 Å². The van der Waals surface area contributed by atoms with Crippen molar-refractivity contribution in [3.05, 3.63) is 22.0 Å². The summed E-state index contributed by atoms with van der Waals surface area (Å²) in [6.45, 7) is 11.6. The lowest BCUT2D eigenvalue weighted by Gasteiger charge is -1.87. The monoisotopic (exact) mass is 187 g/mol. The number of aromatic nitrogens is 1. The van der Waals surface area contributed by atoms with E-state index in [0.717, 1.165) is 5.69 Å². The number of rotatable bonds is 0. The first kappa shape index (κ1) is 14.5. The molecule has 0 amide bonds. The minimum atomic E-state index is -0.287. The maximum absolute atomic E-state index is 10.7. The van der Waals surface area contributed by atoms with Crippen molar-refractivity contribution in [1.82, 2.24) is 4.57 Å². The molecule has 0 aliphatic heterocycles. The predicted molar refractivity (Wildman–Crippen MR) is 56.1 cm³/mol. The van der Waals surface area contributed by atoms with Crippen LogP contribution in [0.4, 0.5) is 0 Å². The molecule has 0 saturated heterocycles. The van der Waals surface area contributed by atoms with Gasteiger partial charge in [0.2, 0.25) is 0 Å². The molecule has 1 aromatic rings. The fourth-order valence-electron chi connectivity index (χ4n) is 0.646. The molecule has 3 heteroatoms. The summed E-state index contributed by atoms with van der Waals surface area (Å²) in [5.74, 6) is 0.410. The fourth-order valence-corrected chi connectivity index (χ4v) is 0.646. The molecule has 3 nitrogen and oxygen atoms in total. The van der Waals surface area contributed by atoms with E-state index in [1.54, 1.807) is 14.0 Å². The second-order valence-corrected chi connectivity index (χ2v) is 2.07. The minimum Gasteiger partial charge on any atom is -0.413 e. The topological polar surface area (TPSA) is 35.1 Å². The van der Waals surface area contributed by atoms with Crippen LogP contribution in [-0.4, -0.2) is 4.57 Å². The highest BCUT2D eigenvalue weighted by molar-refractivity contribution is 5.03. The Balaban J connectivity index is 0. The average molecular weight is 187 g/mol. The molecule has 13 heavy (non-hydrogen) atoms. The van der Waals surface area contributed by atoms with E-state index in [9.17, 15) is 4.79 Å². The summed E-state index contributed by atoms with van der Waals surface area (Å²) in [7, 11) is 1.69. The van der Waals surface area contributed by atoms with Gasteiger partial charge < -0.3 is 4.42 Å². The van der Waals surface area contributed by atoms with Crippen LogP contribution in [0.3, 0.4) is 0 Å². The fraction of sp³-hybridized carbons (Fsp3) is 0.700. The molecule has 78 valence electrons. The van der Waals surface area contributed by atoms with Crippen molar-refractivity contribution < 1.29 is 4.42 Å². The van der Waals surface area contributed by atoms with E-state index in [-0.39, 0.29) is 5.76 Å². The molecule has 1 rings (SSSR count). The van der Waals surface area contributed by atoms with Crippen LogP contribution in [0.2, 0.25) is 0 Å². The smallest absolute Gasteiger partial charge is 0.413 e. The van der Waals surface area contributed by atoms with E-state index in [1.807, 2.05) is 34.6 Å². The van der Waals surface area contributed by atoms with Gasteiger partial charge in [-0.15, -0.1) is 0 Å². The van der Waals surface area contributed by atoms with E-state index in [1.165, 1.54) is 4.57 Å². The second kappa shape index (κ2) is 7.65. The van der Waals surface area contributed by atoms with Crippen molar-refractivity contribution >= 4 is 0 Å². The third kappa shape index (κ3) is 3.97. The Labute approximate surface area is 80.4 Å². The van der Waals surface area contributed by atoms with E-state index < -0.39 is 0 Å². The number of hydrogen-bond donors (Lipinski definition) is 0. The van der Waals surface area contributed by atoms with E-state index in [0.29, 0.717) is 5.76 Å². The zero-order valence-electron chi connectivity index (χ0n) is 9.76. The van der Waals surface area contributed by atoms with E-state index in [2.05, 4.69) is 0 Å². The van der Waals surface area contributed by atoms with Gasteiger partial charge in [-0.2, -0.15) is 0 Å². The Morgan fingerprint density at radius 2 is 1.46 bits per heavy atom. The zero-order chi connectivity index (χ0) is 11.0. The molecule has 0 fully saturated rings. The zero-order valence-corrected chi connectivity index (χ0v) is 9.76. The molecule has 0 radical (unpaired) electrons. The van der Waals surface area contributed by atoms with Gasteiger partial charge in [-0.1, -0.05) is 27.7 Å². The van der Waals surface area contributed by atoms with Crippen LogP contribution in [0, 0.1) is 13.8 Å². The Hall–Kier alpha value is -0.990. The number of nitrogens with zero attached hydrogens (tertiary/aromatic N) is 1. The molecule has 0 aromatic carbocycles. The number of hydrogen-bond acceptors (Lipinski definition) is 2. The van der Waals surface area contributed by atoms with Crippen LogP contribution < -0.4 is 5.76 Å². The van der Waals surface area contributed by atoms with E-state index >= 15 is 0 Å². The Bertz CT molecular complexity index is 271. The van der Waals surface area contributed by atoms with Gasteiger partial charge in [-0.3, -0.25) is 4.57 Å². The van der Waals surface area contributed by atoms with Crippen LogP contribution in [0.25, 0.3) is 0 Å². The second-order valence-electron chi connectivity index (χ2n) is 2.07. The number of oxazole rings is 1. The third-order valence-electron chi connectivity index (χ3n) is 1.53. The van der Waals surface area contributed by atoms with Gasteiger partial charge in [0.05, 0.1) is 5.69 Å². The van der Waals surface area contributed by atoms with Gasteiger partial charge in [0.1, 0.15) is 5.76 Å². The Morgan fingerprint density at radius 1 is 1.08 bits per heavy atom. The SMILES string of the molecule is CC.CC.Cc1oc(=O)n(C)c1C. The first-order chi connectivity index (χ1) is 6.13.